The van der Waals surface area contributed by atoms with E-state index in [2.05, 4.69) is 0 Å². The van der Waals surface area contributed by atoms with Crippen LogP contribution in [0.25, 0.3) is 5.69 Å². The van der Waals surface area contributed by atoms with Crippen molar-refractivity contribution in [2.75, 3.05) is 0 Å². The van der Waals surface area contributed by atoms with E-state index in [1.807, 2.05) is 48.7 Å². The molecule has 0 N–H and O–H groups in total. The van der Waals surface area contributed by atoms with E-state index in [0.717, 1.165) is 17.1 Å². The zero-order valence-electron chi connectivity index (χ0n) is 15.7. The second-order valence-corrected chi connectivity index (χ2v) is 6.95. The van der Waals surface area contributed by atoms with Crippen LogP contribution in [0.1, 0.15) is 39.2 Å². The summed E-state index contributed by atoms with van der Waals surface area (Å²) in [6.45, 7) is 5.40. The van der Waals surface area contributed by atoms with Gasteiger partial charge in [-0.3, -0.25) is 4.79 Å². The lowest BCUT2D eigenvalue weighted by Gasteiger charge is -2.13. The third-order valence-corrected chi connectivity index (χ3v) is 4.84. The highest BCUT2D eigenvalue weighted by Crippen LogP contribution is 2.24. The number of aromatic nitrogens is 2. The average molecular weight is 385 g/mol. The van der Waals surface area contributed by atoms with Crippen molar-refractivity contribution in [1.82, 2.24) is 9.13 Å². The minimum absolute atomic E-state index is 0.231. The van der Waals surface area contributed by atoms with Crippen molar-refractivity contribution >= 4 is 23.4 Å². The van der Waals surface area contributed by atoms with Crippen LogP contribution >= 0.6 is 11.6 Å². The maximum absolute atomic E-state index is 12.9. The molecule has 3 rings (SSSR count). The van der Waals surface area contributed by atoms with Crippen LogP contribution in [0.5, 0.6) is 0 Å². The van der Waals surface area contributed by atoms with Crippen molar-refractivity contribution in [2.45, 2.75) is 26.9 Å². The van der Waals surface area contributed by atoms with Gasteiger partial charge in [-0.2, -0.15) is 0 Å². The molecule has 0 fully saturated rings. The predicted octanol–water partition coefficient (Wildman–Crippen LogP) is 4.51. The monoisotopic (exact) mass is 384 g/mol. The van der Waals surface area contributed by atoms with E-state index >= 15 is 0 Å². The van der Waals surface area contributed by atoms with E-state index in [1.165, 1.54) is 0 Å². The van der Waals surface area contributed by atoms with E-state index in [-0.39, 0.29) is 5.78 Å². The first-order valence-electron chi connectivity index (χ1n) is 8.61. The molecule has 2 heterocycles. The Balaban J connectivity index is 1.85. The lowest BCUT2D eigenvalue weighted by atomic mass is 10.1. The largest absolute Gasteiger partial charge is 0.450 e. The molecule has 2 aromatic heterocycles. The van der Waals surface area contributed by atoms with Crippen LogP contribution in [0.4, 0.5) is 0 Å². The number of nitrogens with zero attached hydrogens (tertiary/aromatic N) is 2. The van der Waals surface area contributed by atoms with Gasteiger partial charge in [0.1, 0.15) is 5.69 Å². The minimum Gasteiger partial charge on any atom is -0.450 e. The van der Waals surface area contributed by atoms with E-state index in [9.17, 15) is 9.59 Å². The number of carbonyl (C=O) groups is 2. The summed E-state index contributed by atoms with van der Waals surface area (Å²) in [5, 5.41) is 0.652. The Hall–Kier alpha value is -2.79. The number of rotatable bonds is 5. The molecule has 1 aromatic carbocycles. The number of benzene rings is 1. The van der Waals surface area contributed by atoms with Gasteiger partial charge in [0.05, 0.1) is 0 Å². The molecule has 0 bridgehead atoms. The molecular weight excluding hydrogens is 364 g/mol. The lowest BCUT2D eigenvalue weighted by molar-refractivity contribution is 0.0309. The zero-order chi connectivity index (χ0) is 19.7. The molecule has 140 valence electrons. The Kier molecular flexibility index (Phi) is 5.24. The second-order valence-electron chi connectivity index (χ2n) is 6.51. The van der Waals surface area contributed by atoms with E-state index in [0.29, 0.717) is 16.3 Å². The fraction of sp³-hybridized carbons (Fsp3) is 0.238. The van der Waals surface area contributed by atoms with Crippen LogP contribution in [0.3, 0.4) is 0 Å². The van der Waals surface area contributed by atoms with E-state index < -0.39 is 12.1 Å². The van der Waals surface area contributed by atoms with Gasteiger partial charge in [0.2, 0.25) is 5.78 Å². The maximum atomic E-state index is 12.9. The normalized spacial score (nSPS) is 12.0. The van der Waals surface area contributed by atoms with Gasteiger partial charge in [0.25, 0.3) is 0 Å². The summed E-state index contributed by atoms with van der Waals surface area (Å²) in [7, 11) is 1.75. The molecule has 0 aliphatic heterocycles. The molecule has 0 aliphatic rings. The van der Waals surface area contributed by atoms with Crippen molar-refractivity contribution in [3.8, 4) is 5.69 Å². The Morgan fingerprint density at radius 1 is 1.11 bits per heavy atom. The smallest absolute Gasteiger partial charge is 0.355 e. The van der Waals surface area contributed by atoms with Crippen molar-refractivity contribution in [3.63, 3.8) is 0 Å². The van der Waals surface area contributed by atoms with Gasteiger partial charge in [-0.05, 0) is 63.2 Å². The van der Waals surface area contributed by atoms with Gasteiger partial charge in [-0.15, -0.1) is 0 Å². The molecule has 0 amide bonds. The number of aryl methyl sites for hydroxylation is 2. The predicted molar refractivity (Wildman–Crippen MR) is 105 cm³/mol. The Morgan fingerprint density at radius 3 is 2.37 bits per heavy atom. The number of ketones is 1. The molecule has 6 heteroatoms. The first-order chi connectivity index (χ1) is 12.8. The fourth-order valence-electron chi connectivity index (χ4n) is 3.17. The summed E-state index contributed by atoms with van der Waals surface area (Å²) >= 11 is 5.96. The Bertz CT molecular complexity index is 999. The average Bonchev–Trinajstić information content (AvgIpc) is 3.18. The number of Topliss-reactive ketones (excluding diaryl/α,β-unsaturated/α-hetero) is 1. The first-order valence-corrected chi connectivity index (χ1v) is 8.98. The number of hydrogen-bond donors (Lipinski definition) is 0. The van der Waals surface area contributed by atoms with Crippen LogP contribution < -0.4 is 0 Å². The summed E-state index contributed by atoms with van der Waals surface area (Å²) in [6.07, 6.45) is 0.870. The van der Waals surface area contributed by atoms with Crippen LogP contribution in [0.15, 0.2) is 48.7 Å². The van der Waals surface area contributed by atoms with Crippen molar-refractivity contribution in [2.24, 2.45) is 7.05 Å². The first kappa shape index (κ1) is 19.0. The van der Waals surface area contributed by atoms with Crippen molar-refractivity contribution in [3.05, 3.63) is 76.3 Å². The molecule has 0 unspecified atom stereocenters. The molecule has 5 nitrogen and oxygen atoms in total. The Morgan fingerprint density at radius 2 is 1.78 bits per heavy atom. The highest BCUT2D eigenvalue weighted by molar-refractivity contribution is 6.30. The molecular formula is C21H21ClN2O3. The molecule has 3 aromatic rings. The highest BCUT2D eigenvalue weighted by atomic mass is 35.5. The van der Waals surface area contributed by atoms with Gasteiger partial charge in [-0.25, -0.2) is 4.79 Å². The number of esters is 1. The third-order valence-electron chi connectivity index (χ3n) is 4.59. The second kappa shape index (κ2) is 7.45. The number of ether oxygens (including phenoxy) is 1. The van der Waals surface area contributed by atoms with Crippen LogP contribution in [0.2, 0.25) is 5.02 Å². The summed E-state index contributed by atoms with van der Waals surface area (Å²) in [5.41, 5.74) is 3.57. The fourth-order valence-corrected chi connectivity index (χ4v) is 3.29. The quantitative estimate of drug-likeness (QED) is 0.480. The summed E-state index contributed by atoms with van der Waals surface area (Å²) < 4.78 is 9.02. The summed E-state index contributed by atoms with van der Waals surface area (Å²) in [4.78, 5) is 25.2. The summed E-state index contributed by atoms with van der Waals surface area (Å²) in [5.74, 6) is -0.749. The number of hydrogen-bond acceptors (Lipinski definition) is 3. The number of carbonyl (C=O) groups excluding carboxylic acids is 2. The molecule has 0 radical (unpaired) electrons. The van der Waals surface area contributed by atoms with Gasteiger partial charge >= 0.3 is 5.97 Å². The van der Waals surface area contributed by atoms with Gasteiger partial charge in [0.15, 0.2) is 6.10 Å². The van der Waals surface area contributed by atoms with Crippen LogP contribution in [-0.2, 0) is 11.8 Å². The highest BCUT2D eigenvalue weighted by Gasteiger charge is 2.25. The molecule has 0 aliphatic carbocycles. The molecule has 27 heavy (non-hydrogen) atoms. The van der Waals surface area contributed by atoms with E-state index in [1.54, 1.807) is 36.9 Å². The maximum Gasteiger partial charge on any atom is 0.355 e. The topological polar surface area (TPSA) is 53.2 Å². The lowest BCUT2D eigenvalue weighted by Crippen LogP contribution is -2.25. The number of halogens is 1. The molecule has 0 saturated heterocycles. The minimum atomic E-state index is -0.883. The van der Waals surface area contributed by atoms with Crippen LogP contribution in [-0.4, -0.2) is 27.0 Å². The van der Waals surface area contributed by atoms with Crippen molar-refractivity contribution < 1.29 is 14.3 Å². The van der Waals surface area contributed by atoms with Crippen LogP contribution in [0, 0.1) is 13.8 Å². The molecule has 0 spiro atoms. The van der Waals surface area contributed by atoms with E-state index in [4.69, 9.17) is 16.3 Å². The van der Waals surface area contributed by atoms with Gasteiger partial charge < -0.3 is 13.9 Å². The third kappa shape index (κ3) is 3.69. The molecule has 1 atom stereocenters. The van der Waals surface area contributed by atoms with Gasteiger partial charge in [-0.1, -0.05) is 11.6 Å². The van der Waals surface area contributed by atoms with Crippen molar-refractivity contribution in [1.29, 1.82) is 0 Å². The van der Waals surface area contributed by atoms with Gasteiger partial charge in [0, 0.05) is 40.9 Å². The SMILES string of the molecule is Cc1cc(C(=O)[C@@H](C)OC(=O)c2cccn2C)c(C)n1-c1ccc(Cl)cc1. The summed E-state index contributed by atoms with van der Waals surface area (Å²) in [6, 6.07) is 12.6. The Labute approximate surface area is 163 Å². The zero-order valence-corrected chi connectivity index (χ0v) is 16.4. The molecule has 0 saturated carbocycles. The standard InChI is InChI=1S/C21H21ClN2O3/c1-13-12-18(14(2)24(13)17-9-7-16(22)8-10-17)20(25)15(3)27-21(26)19-6-5-11-23(19)4/h5-12,15H,1-4H3/t15-/m1/s1.